The molecule has 11 heteroatoms. The predicted molar refractivity (Wildman–Crippen MR) is 155 cm³/mol. The number of hydrogen-bond acceptors (Lipinski definition) is 7. The molecule has 2 aromatic rings. The molecule has 1 spiro atoms. The van der Waals surface area contributed by atoms with E-state index in [1.54, 1.807) is 27.1 Å². The lowest BCUT2D eigenvalue weighted by molar-refractivity contribution is 0.0139. The average Bonchev–Trinajstić information content (AvgIpc) is 3.28. The van der Waals surface area contributed by atoms with Crippen LogP contribution in [0.3, 0.4) is 0 Å². The molecule has 0 radical (unpaired) electrons. The van der Waals surface area contributed by atoms with Gasteiger partial charge in [-0.15, -0.1) is 0 Å². The van der Waals surface area contributed by atoms with Gasteiger partial charge >= 0.3 is 12.1 Å². The number of ether oxygens (including phenoxy) is 1. The van der Waals surface area contributed by atoms with Gasteiger partial charge in [0.15, 0.2) is 0 Å². The van der Waals surface area contributed by atoms with Crippen LogP contribution in [0.5, 0.6) is 0 Å². The Balaban J connectivity index is 1.19. The van der Waals surface area contributed by atoms with Crippen LogP contribution in [0.1, 0.15) is 62.6 Å². The van der Waals surface area contributed by atoms with E-state index < -0.39 is 5.60 Å². The van der Waals surface area contributed by atoms with Crippen molar-refractivity contribution in [2.45, 2.75) is 63.1 Å². The van der Waals surface area contributed by atoms with E-state index in [9.17, 15) is 14.4 Å². The van der Waals surface area contributed by atoms with Crippen molar-refractivity contribution in [3.63, 3.8) is 0 Å². The fourth-order valence-electron chi connectivity index (χ4n) is 6.22. The Labute approximate surface area is 241 Å². The smallest absolute Gasteiger partial charge is 0.410 e. The molecule has 41 heavy (non-hydrogen) atoms. The molecule has 1 aliphatic carbocycles. The minimum Gasteiger partial charge on any atom is -0.444 e. The van der Waals surface area contributed by atoms with E-state index in [0.29, 0.717) is 38.4 Å². The van der Waals surface area contributed by atoms with E-state index in [-0.39, 0.29) is 34.9 Å². The number of hydrogen-bond donors (Lipinski definition) is 1. The van der Waals surface area contributed by atoms with Crippen LogP contribution < -0.4 is 10.2 Å². The molecular formula is C30H41N7O4. The third-order valence-electron chi connectivity index (χ3n) is 8.64. The van der Waals surface area contributed by atoms with Gasteiger partial charge in [-0.1, -0.05) is 30.3 Å². The molecule has 3 fully saturated rings. The van der Waals surface area contributed by atoms with Gasteiger partial charge in [0.05, 0.1) is 30.2 Å². The van der Waals surface area contributed by atoms with Gasteiger partial charge in [0.2, 0.25) is 5.82 Å². The summed E-state index contributed by atoms with van der Waals surface area (Å²) in [5, 5.41) is 3.26. The second-order valence-corrected chi connectivity index (χ2v) is 12.6. The SMILES string of the molecule is CN(C)[C@]1(c2ccccc2)CC[C@@]2(CC1)CN(c1cnc(C(=O)N3CCN(C(=O)OC(C)(C)C)CC3)nc1)C(=O)N2. The molecule has 2 saturated heterocycles. The molecule has 1 aromatic carbocycles. The maximum absolute atomic E-state index is 13.1. The highest BCUT2D eigenvalue weighted by atomic mass is 16.6. The topological polar surface area (TPSA) is 111 Å². The predicted octanol–water partition coefficient (Wildman–Crippen LogP) is 3.47. The number of nitrogens with zero attached hydrogens (tertiary/aromatic N) is 6. The van der Waals surface area contributed by atoms with Crippen molar-refractivity contribution in [2.75, 3.05) is 51.7 Å². The van der Waals surface area contributed by atoms with Gasteiger partial charge in [0, 0.05) is 31.7 Å². The van der Waals surface area contributed by atoms with Crippen LogP contribution >= 0.6 is 0 Å². The second-order valence-electron chi connectivity index (χ2n) is 12.6. The van der Waals surface area contributed by atoms with Crippen molar-refractivity contribution in [1.29, 1.82) is 0 Å². The van der Waals surface area contributed by atoms with Crippen LogP contribution in [0.15, 0.2) is 42.7 Å². The number of carbonyl (C=O) groups is 3. The first-order chi connectivity index (χ1) is 19.4. The zero-order valence-corrected chi connectivity index (χ0v) is 24.7. The molecule has 1 N–H and O–H groups in total. The quantitative estimate of drug-likeness (QED) is 0.606. The number of urea groups is 1. The third-order valence-corrected chi connectivity index (χ3v) is 8.64. The summed E-state index contributed by atoms with van der Waals surface area (Å²) in [5.74, 6) is -0.221. The molecule has 0 unspecified atom stereocenters. The first kappa shape index (κ1) is 28.8. The molecule has 1 aromatic heterocycles. The summed E-state index contributed by atoms with van der Waals surface area (Å²) in [4.78, 5) is 54.3. The fraction of sp³-hybridized carbons (Fsp3) is 0.567. The first-order valence-corrected chi connectivity index (χ1v) is 14.3. The van der Waals surface area contributed by atoms with Gasteiger partial charge in [-0.2, -0.15) is 0 Å². The van der Waals surface area contributed by atoms with Crippen LogP contribution in [-0.2, 0) is 10.3 Å². The summed E-state index contributed by atoms with van der Waals surface area (Å²) in [6.45, 7) is 7.53. The van der Waals surface area contributed by atoms with Gasteiger partial charge in [0.1, 0.15) is 5.60 Å². The van der Waals surface area contributed by atoms with Crippen molar-refractivity contribution >= 4 is 23.7 Å². The molecule has 11 nitrogen and oxygen atoms in total. The number of benzene rings is 1. The Kier molecular flexibility index (Phi) is 7.67. The normalized spacial score (nSPS) is 25.0. The number of anilines is 1. The average molecular weight is 564 g/mol. The maximum atomic E-state index is 13.1. The summed E-state index contributed by atoms with van der Waals surface area (Å²) in [7, 11) is 4.26. The van der Waals surface area contributed by atoms with Crippen molar-refractivity contribution in [1.82, 2.24) is 30.0 Å². The number of aromatic nitrogens is 2. The van der Waals surface area contributed by atoms with E-state index >= 15 is 0 Å². The summed E-state index contributed by atoms with van der Waals surface area (Å²) in [6.07, 6.45) is 6.30. The monoisotopic (exact) mass is 563 g/mol. The highest BCUT2D eigenvalue weighted by molar-refractivity contribution is 5.95. The van der Waals surface area contributed by atoms with E-state index in [0.717, 1.165) is 25.7 Å². The number of amides is 4. The van der Waals surface area contributed by atoms with E-state index in [1.165, 1.54) is 5.56 Å². The molecule has 4 amide bonds. The molecule has 220 valence electrons. The maximum Gasteiger partial charge on any atom is 0.410 e. The van der Waals surface area contributed by atoms with Crippen molar-refractivity contribution in [2.24, 2.45) is 0 Å². The Bertz CT molecular complexity index is 1260. The standard InChI is InChI=1S/C30H41N7O4/c1-28(2,3)41-27(40)36-17-15-35(16-18-36)25(38)24-31-19-23(20-32-24)37-21-29(33-26(37)39)11-13-30(14-12-29,34(4)5)22-9-7-6-8-10-22/h6-10,19-20H,11-18,21H2,1-5H3,(H,33,39)/t29-,30-. The molecule has 3 heterocycles. The summed E-state index contributed by atoms with van der Waals surface area (Å²) in [5.41, 5.74) is 0.933. The Morgan fingerprint density at radius 1 is 0.927 bits per heavy atom. The summed E-state index contributed by atoms with van der Waals surface area (Å²) < 4.78 is 5.43. The second kappa shape index (κ2) is 10.9. The lowest BCUT2D eigenvalue weighted by Gasteiger charge is -2.48. The molecule has 0 bridgehead atoms. The fourth-order valence-corrected chi connectivity index (χ4v) is 6.22. The molecule has 2 aliphatic heterocycles. The van der Waals surface area contributed by atoms with E-state index in [2.05, 4.69) is 58.5 Å². The zero-order valence-electron chi connectivity index (χ0n) is 24.7. The number of carbonyl (C=O) groups excluding carboxylic acids is 3. The lowest BCUT2D eigenvalue weighted by atomic mass is 9.69. The molecule has 0 atom stereocenters. The molecular weight excluding hydrogens is 522 g/mol. The first-order valence-electron chi connectivity index (χ1n) is 14.3. The summed E-state index contributed by atoms with van der Waals surface area (Å²) in [6, 6.07) is 10.4. The van der Waals surface area contributed by atoms with Crippen LogP contribution in [0.25, 0.3) is 0 Å². The van der Waals surface area contributed by atoms with Gasteiger partial charge < -0.3 is 19.9 Å². The van der Waals surface area contributed by atoms with E-state index in [4.69, 9.17) is 4.74 Å². The van der Waals surface area contributed by atoms with E-state index in [1.807, 2.05) is 26.8 Å². The summed E-state index contributed by atoms with van der Waals surface area (Å²) >= 11 is 0. The minimum absolute atomic E-state index is 0.0613. The largest absolute Gasteiger partial charge is 0.444 e. The van der Waals surface area contributed by atoms with Crippen LogP contribution in [0.2, 0.25) is 0 Å². The highest BCUT2D eigenvalue weighted by Gasteiger charge is 2.50. The van der Waals surface area contributed by atoms with Gasteiger partial charge in [-0.25, -0.2) is 19.6 Å². The van der Waals surface area contributed by atoms with Crippen LogP contribution in [-0.4, -0.2) is 101 Å². The number of piperazine rings is 1. The zero-order chi connectivity index (χ0) is 29.4. The number of nitrogens with one attached hydrogen (secondary N) is 1. The Morgan fingerprint density at radius 3 is 2.07 bits per heavy atom. The van der Waals surface area contributed by atoms with Gasteiger partial charge in [0.25, 0.3) is 5.91 Å². The minimum atomic E-state index is -0.568. The van der Waals surface area contributed by atoms with Crippen molar-refractivity contribution in [3.8, 4) is 0 Å². The highest BCUT2D eigenvalue weighted by Crippen LogP contribution is 2.46. The third kappa shape index (κ3) is 5.86. The Hall–Kier alpha value is -3.73. The van der Waals surface area contributed by atoms with Crippen molar-refractivity contribution in [3.05, 3.63) is 54.1 Å². The van der Waals surface area contributed by atoms with Crippen LogP contribution in [0.4, 0.5) is 15.3 Å². The molecule has 1 saturated carbocycles. The van der Waals surface area contributed by atoms with Crippen LogP contribution in [0, 0.1) is 0 Å². The van der Waals surface area contributed by atoms with Gasteiger partial charge in [-0.05, 0) is 66.1 Å². The number of rotatable bonds is 4. The lowest BCUT2D eigenvalue weighted by Crippen LogP contribution is -2.54. The molecule has 5 rings (SSSR count). The van der Waals surface area contributed by atoms with Gasteiger partial charge in [-0.3, -0.25) is 14.6 Å². The van der Waals surface area contributed by atoms with Crippen molar-refractivity contribution < 1.29 is 19.1 Å². The Morgan fingerprint density at radius 2 is 1.51 bits per heavy atom. The molecule has 3 aliphatic rings.